The van der Waals surface area contributed by atoms with Gasteiger partial charge in [0.05, 0.1) is 0 Å². The maximum atomic E-state index is 12.1. The van der Waals surface area contributed by atoms with E-state index in [2.05, 4.69) is 58.6 Å². The summed E-state index contributed by atoms with van der Waals surface area (Å²) in [6.07, 6.45) is 0.901. The van der Waals surface area contributed by atoms with Crippen LogP contribution in [0.4, 0.5) is 11.5 Å². The highest BCUT2D eigenvalue weighted by Gasteiger charge is 2.09. The zero-order valence-electron chi connectivity index (χ0n) is 15.7. The van der Waals surface area contributed by atoms with Crippen LogP contribution in [0.5, 0.6) is 0 Å². The van der Waals surface area contributed by atoms with Gasteiger partial charge >= 0.3 is 0 Å². The van der Waals surface area contributed by atoms with Crippen molar-refractivity contribution >= 4 is 17.4 Å². The smallest absolute Gasteiger partial charge is 0.271 e. The predicted octanol–water partition coefficient (Wildman–Crippen LogP) is 2.83. The van der Waals surface area contributed by atoms with Crippen LogP contribution in [-0.2, 0) is 0 Å². The molecule has 0 aliphatic rings. The maximum Gasteiger partial charge on any atom is 0.271 e. The van der Waals surface area contributed by atoms with E-state index in [4.69, 9.17) is 0 Å². The second-order valence-corrected chi connectivity index (χ2v) is 6.62. The van der Waals surface area contributed by atoms with Crippen molar-refractivity contribution in [3.63, 3.8) is 0 Å². The van der Waals surface area contributed by atoms with Gasteiger partial charge in [-0.25, -0.2) is 0 Å². The third kappa shape index (κ3) is 5.53. The Hall–Kier alpha value is -2.47. The molecule has 0 unspecified atom stereocenters. The fourth-order valence-corrected chi connectivity index (χ4v) is 2.71. The van der Waals surface area contributed by atoms with E-state index >= 15 is 0 Å². The summed E-state index contributed by atoms with van der Waals surface area (Å²) < 4.78 is 0. The molecule has 0 saturated carbocycles. The number of anilines is 2. The standard InChI is InChI=1S/C19H27N5O/c1-13-11-14(2)18(15(3)12-13)21-17-8-7-16(22-23-17)19(25)20-9-6-10-24(4)5/h7-8,11-12H,6,9-10H2,1-5H3,(H,20,25)(H,21,23). The Balaban J connectivity index is 1.97. The zero-order valence-corrected chi connectivity index (χ0v) is 15.7. The van der Waals surface area contributed by atoms with Crippen molar-refractivity contribution in [3.05, 3.63) is 46.6 Å². The van der Waals surface area contributed by atoms with Crippen molar-refractivity contribution in [3.8, 4) is 0 Å². The Morgan fingerprint density at radius 3 is 2.32 bits per heavy atom. The SMILES string of the molecule is Cc1cc(C)c(Nc2ccc(C(=O)NCCCN(C)C)nn2)c(C)c1. The molecule has 6 heteroatoms. The molecule has 0 bridgehead atoms. The third-order valence-corrected chi connectivity index (χ3v) is 3.89. The molecule has 1 aromatic heterocycles. The molecule has 0 radical (unpaired) electrons. The molecule has 0 spiro atoms. The minimum absolute atomic E-state index is 0.194. The van der Waals surface area contributed by atoms with E-state index < -0.39 is 0 Å². The van der Waals surface area contributed by atoms with Crippen LogP contribution in [0.3, 0.4) is 0 Å². The summed E-state index contributed by atoms with van der Waals surface area (Å²) in [4.78, 5) is 14.1. The van der Waals surface area contributed by atoms with Gasteiger partial charge in [-0.2, -0.15) is 0 Å². The number of carbonyl (C=O) groups is 1. The van der Waals surface area contributed by atoms with Crippen LogP contribution in [0.25, 0.3) is 0 Å². The molecular weight excluding hydrogens is 314 g/mol. The Morgan fingerprint density at radius 2 is 1.76 bits per heavy atom. The molecule has 2 rings (SSSR count). The Bertz CT molecular complexity index is 702. The van der Waals surface area contributed by atoms with Gasteiger partial charge in [-0.1, -0.05) is 17.7 Å². The van der Waals surface area contributed by atoms with Crippen molar-refractivity contribution < 1.29 is 4.79 Å². The molecule has 0 saturated heterocycles. The van der Waals surface area contributed by atoms with E-state index in [1.54, 1.807) is 12.1 Å². The van der Waals surface area contributed by atoms with Crippen LogP contribution in [0.1, 0.15) is 33.6 Å². The van der Waals surface area contributed by atoms with Crippen molar-refractivity contribution in [2.45, 2.75) is 27.2 Å². The zero-order chi connectivity index (χ0) is 18.4. The van der Waals surface area contributed by atoms with Crippen LogP contribution < -0.4 is 10.6 Å². The number of rotatable bonds is 7. The van der Waals surface area contributed by atoms with Gasteiger partial charge in [-0.3, -0.25) is 4.79 Å². The van der Waals surface area contributed by atoms with Gasteiger partial charge in [0.15, 0.2) is 11.5 Å². The van der Waals surface area contributed by atoms with E-state index in [9.17, 15) is 4.79 Å². The number of hydrogen-bond acceptors (Lipinski definition) is 5. The summed E-state index contributed by atoms with van der Waals surface area (Å²) in [6.45, 7) is 7.76. The lowest BCUT2D eigenvalue weighted by atomic mass is 10.1. The predicted molar refractivity (Wildman–Crippen MR) is 101 cm³/mol. The van der Waals surface area contributed by atoms with E-state index in [0.717, 1.165) is 29.8 Å². The molecule has 0 atom stereocenters. The molecule has 1 amide bonds. The summed E-state index contributed by atoms with van der Waals surface area (Å²) in [6, 6.07) is 7.71. The first-order chi connectivity index (χ1) is 11.9. The molecule has 2 N–H and O–H groups in total. The highest BCUT2D eigenvalue weighted by Crippen LogP contribution is 2.24. The number of benzene rings is 1. The number of carbonyl (C=O) groups excluding carboxylic acids is 1. The Kier molecular flexibility index (Phi) is 6.47. The topological polar surface area (TPSA) is 70.2 Å². The minimum atomic E-state index is -0.194. The number of amides is 1. The number of nitrogens with one attached hydrogen (secondary N) is 2. The second-order valence-electron chi connectivity index (χ2n) is 6.62. The molecule has 134 valence electrons. The third-order valence-electron chi connectivity index (χ3n) is 3.89. The van der Waals surface area contributed by atoms with Crippen LogP contribution in [0.2, 0.25) is 0 Å². The van der Waals surface area contributed by atoms with E-state index in [0.29, 0.717) is 18.1 Å². The quantitative estimate of drug-likeness (QED) is 0.758. The highest BCUT2D eigenvalue weighted by molar-refractivity contribution is 5.92. The fraction of sp³-hybridized carbons (Fsp3) is 0.421. The Morgan fingerprint density at radius 1 is 1.08 bits per heavy atom. The molecule has 1 aromatic carbocycles. The van der Waals surface area contributed by atoms with Crippen molar-refractivity contribution in [1.82, 2.24) is 20.4 Å². The number of hydrogen-bond donors (Lipinski definition) is 2. The van der Waals surface area contributed by atoms with Gasteiger partial charge in [-0.15, -0.1) is 10.2 Å². The van der Waals surface area contributed by atoms with E-state index in [-0.39, 0.29) is 5.91 Å². The minimum Gasteiger partial charge on any atom is -0.351 e. The van der Waals surface area contributed by atoms with Gasteiger partial charge in [-0.05, 0) is 71.1 Å². The average Bonchev–Trinajstić information content (AvgIpc) is 2.55. The first-order valence-electron chi connectivity index (χ1n) is 8.48. The van der Waals surface area contributed by atoms with Crippen LogP contribution in [0, 0.1) is 20.8 Å². The fourth-order valence-electron chi connectivity index (χ4n) is 2.71. The van der Waals surface area contributed by atoms with Crippen LogP contribution in [0.15, 0.2) is 24.3 Å². The van der Waals surface area contributed by atoms with Gasteiger partial charge in [0.25, 0.3) is 5.91 Å². The van der Waals surface area contributed by atoms with Crippen molar-refractivity contribution in [2.24, 2.45) is 0 Å². The maximum absolute atomic E-state index is 12.1. The number of aryl methyl sites for hydroxylation is 3. The summed E-state index contributed by atoms with van der Waals surface area (Å²) in [5.41, 5.74) is 4.89. The van der Waals surface area contributed by atoms with Crippen LogP contribution in [-0.4, -0.2) is 48.2 Å². The monoisotopic (exact) mass is 341 g/mol. The molecule has 0 aliphatic heterocycles. The largest absolute Gasteiger partial charge is 0.351 e. The van der Waals surface area contributed by atoms with Gasteiger partial charge in [0.1, 0.15) is 0 Å². The molecule has 1 heterocycles. The summed E-state index contributed by atoms with van der Waals surface area (Å²) in [5, 5.41) is 14.3. The lowest BCUT2D eigenvalue weighted by molar-refractivity contribution is 0.0946. The summed E-state index contributed by atoms with van der Waals surface area (Å²) >= 11 is 0. The molecule has 0 fully saturated rings. The van der Waals surface area contributed by atoms with Crippen LogP contribution >= 0.6 is 0 Å². The average molecular weight is 341 g/mol. The van der Waals surface area contributed by atoms with Gasteiger partial charge in [0, 0.05) is 12.2 Å². The van der Waals surface area contributed by atoms with Gasteiger partial charge in [0.2, 0.25) is 0 Å². The highest BCUT2D eigenvalue weighted by atomic mass is 16.1. The summed E-state index contributed by atoms with van der Waals surface area (Å²) in [7, 11) is 4.02. The molecular formula is C19H27N5O. The lowest BCUT2D eigenvalue weighted by Gasteiger charge is -2.13. The molecule has 2 aromatic rings. The second kappa shape index (κ2) is 8.58. The van der Waals surface area contributed by atoms with Gasteiger partial charge < -0.3 is 15.5 Å². The Labute approximate surface area is 149 Å². The normalized spacial score (nSPS) is 10.8. The van der Waals surface area contributed by atoms with Crippen molar-refractivity contribution in [1.29, 1.82) is 0 Å². The first kappa shape index (κ1) is 18.9. The van der Waals surface area contributed by atoms with Crippen molar-refractivity contribution in [2.75, 3.05) is 32.5 Å². The molecule has 25 heavy (non-hydrogen) atoms. The summed E-state index contributed by atoms with van der Waals surface area (Å²) in [5.74, 6) is 0.430. The first-order valence-corrected chi connectivity index (χ1v) is 8.48. The number of nitrogens with zero attached hydrogens (tertiary/aromatic N) is 3. The lowest BCUT2D eigenvalue weighted by Crippen LogP contribution is -2.28. The van der Waals surface area contributed by atoms with E-state index in [1.165, 1.54) is 5.56 Å². The molecule has 0 aliphatic carbocycles. The number of aromatic nitrogens is 2. The molecule has 6 nitrogen and oxygen atoms in total. The van der Waals surface area contributed by atoms with E-state index in [1.807, 2.05) is 14.1 Å².